The molecule has 0 atom stereocenters. The molecule has 1 aromatic carbocycles. The second kappa shape index (κ2) is 4.88. The summed E-state index contributed by atoms with van der Waals surface area (Å²) in [6.07, 6.45) is 0. The molecule has 0 radical (unpaired) electrons. The molecule has 0 bridgehead atoms. The van der Waals surface area contributed by atoms with Gasteiger partial charge in [0.15, 0.2) is 18.2 Å². The van der Waals surface area contributed by atoms with E-state index < -0.39 is 5.82 Å². The van der Waals surface area contributed by atoms with Gasteiger partial charge in [-0.15, -0.1) is 10.2 Å². The Kier molecular flexibility index (Phi) is 3.29. The molecule has 2 aromatic rings. The molecule has 6 nitrogen and oxygen atoms in total. The zero-order valence-electron chi connectivity index (χ0n) is 9.30. The highest BCUT2D eigenvalue weighted by atomic mass is 19.1. The molecule has 0 saturated carbocycles. The summed E-state index contributed by atoms with van der Waals surface area (Å²) < 4.78 is 18.7. The first-order valence-corrected chi connectivity index (χ1v) is 5.03. The number of rotatable bonds is 4. The topological polar surface area (TPSA) is 78.8 Å². The Morgan fingerprint density at radius 2 is 2.29 bits per heavy atom. The van der Waals surface area contributed by atoms with Crippen molar-refractivity contribution >= 4 is 0 Å². The van der Waals surface area contributed by atoms with E-state index in [1.165, 1.54) is 16.9 Å². The largest absolute Gasteiger partial charge is 0.482 e. The van der Waals surface area contributed by atoms with Crippen molar-refractivity contribution in [2.45, 2.75) is 13.2 Å². The van der Waals surface area contributed by atoms with E-state index in [1.807, 2.05) is 0 Å². The summed E-state index contributed by atoms with van der Waals surface area (Å²) in [6, 6.07) is 4.59. The molecule has 1 heterocycles. The molecule has 17 heavy (non-hydrogen) atoms. The third-order valence-electron chi connectivity index (χ3n) is 2.14. The van der Waals surface area contributed by atoms with Gasteiger partial charge in [-0.05, 0) is 22.9 Å². The predicted octanol–water partition coefficient (Wildman–Crippen LogP) is 0.387. The highest BCUT2D eigenvalue weighted by Gasteiger charge is 2.06. The first-order chi connectivity index (χ1) is 8.19. The van der Waals surface area contributed by atoms with Crippen molar-refractivity contribution in [1.29, 1.82) is 0 Å². The summed E-state index contributed by atoms with van der Waals surface area (Å²) >= 11 is 0. The highest BCUT2D eigenvalue weighted by Crippen LogP contribution is 2.18. The predicted molar refractivity (Wildman–Crippen MR) is 57.4 cm³/mol. The van der Waals surface area contributed by atoms with E-state index in [4.69, 9.17) is 10.5 Å². The van der Waals surface area contributed by atoms with Crippen molar-refractivity contribution in [3.05, 3.63) is 35.4 Å². The number of halogens is 1. The smallest absolute Gasteiger partial charge is 0.212 e. The van der Waals surface area contributed by atoms with E-state index in [-0.39, 0.29) is 12.4 Å². The second-order valence-corrected chi connectivity index (χ2v) is 3.45. The maximum absolute atomic E-state index is 13.5. The molecule has 0 amide bonds. The number of aromatic nitrogens is 4. The van der Waals surface area contributed by atoms with Crippen molar-refractivity contribution in [2.75, 3.05) is 0 Å². The Hall–Kier alpha value is -2.02. The average Bonchev–Trinajstić information content (AvgIpc) is 2.73. The monoisotopic (exact) mass is 237 g/mol. The normalized spacial score (nSPS) is 10.5. The number of hydrogen-bond donors (Lipinski definition) is 1. The summed E-state index contributed by atoms with van der Waals surface area (Å²) in [5, 5.41) is 11.3. The van der Waals surface area contributed by atoms with Crippen molar-refractivity contribution in [3.8, 4) is 5.75 Å². The van der Waals surface area contributed by atoms with Crippen LogP contribution in [0.5, 0.6) is 5.75 Å². The van der Waals surface area contributed by atoms with Gasteiger partial charge in [0.1, 0.15) is 0 Å². The van der Waals surface area contributed by atoms with Crippen LogP contribution in [0.25, 0.3) is 0 Å². The minimum Gasteiger partial charge on any atom is -0.482 e. The van der Waals surface area contributed by atoms with Gasteiger partial charge in [0.2, 0.25) is 5.82 Å². The van der Waals surface area contributed by atoms with Gasteiger partial charge in [0.25, 0.3) is 0 Å². The summed E-state index contributed by atoms with van der Waals surface area (Å²) in [4.78, 5) is 1.31. The minimum atomic E-state index is -0.447. The lowest BCUT2D eigenvalue weighted by Gasteiger charge is -2.05. The second-order valence-electron chi connectivity index (χ2n) is 3.45. The molecule has 0 aliphatic heterocycles. The Morgan fingerprint density at radius 1 is 1.47 bits per heavy atom. The van der Waals surface area contributed by atoms with Gasteiger partial charge in [0.05, 0.1) is 7.05 Å². The Labute approximate surface area is 97.2 Å². The van der Waals surface area contributed by atoms with Crippen LogP contribution in [0.4, 0.5) is 4.39 Å². The van der Waals surface area contributed by atoms with E-state index in [2.05, 4.69) is 15.4 Å². The molecule has 1 aromatic heterocycles. The van der Waals surface area contributed by atoms with E-state index >= 15 is 0 Å². The van der Waals surface area contributed by atoms with Crippen LogP contribution in [0.2, 0.25) is 0 Å². The van der Waals surface area contributed by atoms with Crippen LogP contribution in [0.15, 0.2) is 18.2 Å². The van der Waals surface area contributed by atoms with Crippen molar-refractivity contribution < 1.29 is 9.13 Å². The molecule has 0 unspecified atom stereocenters. The summed E-state index contributed by atoms with van der Waals surface area (Å²) in [5.74, 6) is 0.0984. The fourth-order valence-electron chi connectivity index (χ4n) is 1.31. The number of tetrazole rings is 1. The van der Waals surface area contributed by atoms with Gasteiger partial charge >= 0.3 is 0 Å². The van der Waals surface area contributed by atoms with Gasteiger partial charge in [-0.25, -0.2) is 4.39 Å². The van der Waals surface area contributed by atoms with Crippen LogP contribution in [0, 0.1) is 5.82 Å². The van der Waals surface area contributed by atoms with E-state index in [0.29, 0.717) is 17.9 Å². The molecule has 7 heteroatoms. The van der Waals surface area contributed by atoms with Crippen LogP contribution in [0.3, 0.4) is 0 Å². The molecule has 0 aliphatic rings. The first-order valence-electron chi connectivity index (χ1n) is 5.03. The maximum Gasteiger partial charge on any atom is 0.212 e. The third kappa shape index (κ3) is 2.76. The molecule has 0 aliphatic carbocycles. The van der Waals surface area contributed by atoms with Crippen LogP contribution >= 0.6 is 0 Å². The molecule has 0 fully saturated rings. The van der Waals surface area contributed by atoms with Crippen molar-refractivity contribution in [2.24, 2.45) is 12.8 Å². The average molecular weight is 237 g/mol. The van der Waals surface area contributed by atoms with E-state index in [0.717, 1.165) is 0 Å². The standard InChI is InChI=1S/C10H12FN5O/c1-16-14-10(13-15-16)6-17-9-3-2-7(5-12)4-8(9)11/h2-4H,5-6,12H2,1H3. The molecule has 2 N–H and O–H groups in total. The Bertz CT molecular complexity index is 513. The number of nitrogens with zero attached hydrogens (tertiary/aromatic N) is 4. The highest BCUT2D eigenvalue weighted by molar-refractivity contribution is 5.29. The van der Waals surface area contributed by atoms with Crippen molar-refractivity contribution in [1.82, 2.24) is 20.2 Å². The van der Waals surface area contributed by atoms with Gasteiger partial charge in [0, 0.05) is 6.54 Å². The third-order valence-corrected chi connectivity index (χ3v) is 2.14. The molecule has 0 spiro atoms. The summed E-state index contributed by atoms with van der Waals surface area (Å²) in [5.41, 5.74) is 6.11. The van der Waals surface area contributed by atoms with Gasteiger partial charge < -0.3 is 10.5 Å². The van der Waals surface area contributed by atoms with E-state index in [9.17, 15) is 4.39 Å². The number of hydrogen-bond acceptors (Lipinski definition) is 5. The van der Waals surface area contributed by atoms with Crippen LogP contribution in [0.1, 0.15) is 11.4 Å². The van der Waals surface area contributed by atoms with Gasteiger partial charge in [-0.3, -0.25) is 0 Å². The van der Waals surface area contributed by atoms with Crippen LogP contribution in [-0.2, 0) is 20.2 Å². The molecular formula is C10H12FN5O. The molecular weight excluding hydrogens is 225 g/mol. The van der Waals surface area contributed by atoms with Gasteiger partial charge in [-0.1, -0.05) is 6.07 Å². The minimum absolute atomic E-state index is 0.0761. The fourth-order valence-corrected chi connectivity index (χ4v) is 1.31. The lowest BCUT2D eigenvalue weighted by molar-refractivity contribution is 0.280. The van der Waals surface area contributed by atoms with Crippen LogP contribution < -0.4 is 10.5 Å². The quantitative estimate of drug-likeness (QED) is 0.832. The zero-order chi connectivity index (χ0) is 12.3. The summed E-state index contributed by atoms with van der Waals surface area (Å²) in [6.45, 7) is 0.371. The Morgan fingerprint density at radius 3 is 2.88 bits per heavy atom. The molecule has 90 valence electrons. The van der Waals surface area contributed by atoms with Crippen molar-refractivity contribution in [3.63, 3.8) is 0 Å². The molecule has 2 rings (SSSR count). The zero-order valence-corrected chi connectivity index (χ0v) is 9.30. The Balaban J connectivity index is 2.04. The summed E-state index contributed by atoms with van der Waals surface area (Å²) in [7, 11) is 1.65. The van der Waals surface area contributed by atoms with Gasteiger partial charge in [-0.2, -0.15) is 4.80 Å². The van der Waals surface area contributed by atoms with Crippen LogP contribution in [-0.4, -0.2) is 20.2 Å². The first kappa shape index (κ1) is 11.5. The molecule has 0 saturated heterocycles. The number of benzene rings is 1. The lowest BCUT2D eigenvalue weighted by Crippen LogP contribution is -2.02. The number of aryl methyl sites for hydroxylation is 1. The van der Waals surface area contributed by atoms with E-state index in [1.54, 1.807) is 13.1 Å². The fraction of sp³-hybridized carbons (Fsp3) is 0.300. The number of nitrogens with two attached hydrogens (primary N) is 1. The maximum atomic E-state index is 13.5. The SMILES string of the molecule is Cn1nnc(COc2ccc(CN)cc2F)n1. The lowest BCUT2D eigenvalue weighted by atomic mass is 10.2. The number of ether oxygens (including phenoxy) is 1.